The molecule has 0 aromatic heterocycles. The number of hydrogen-bond acceptors (Lipinski definition) is 5. The minimum Gasteiger partial charge on any atom is -0.379 e. The van der Waals surface area contributed by atoms with Crippen molar-refractivity contribution in [2.45, 2.75) is 13.0 Å². The molecule has 0 aromatic rings. The van der Waals surface area contributed by atoms with Crippen LogP contribution in [-0.2, 0) is 23.5 Å². The molecule has 0 N–H and O–H groups in total. The van der Waals surface area contributed by atoms with Crippen LogP contribution >= 0.6 is 0 Å². The summed E-state index contributed by atoms with van der Waals surface area (Å²) in [5.41, 5.74) is 0. The van der Waals surface area contributed by atoms with Crippen LogP contribution in [0.5, 0.6) is 0 Å². The molecule has 0 fully saturated rings. The molecular formula is C5H12O5S. The molecule has 68 valence electrons. The molecule has 0 saturated heterocycles. The zero-order chi connectivity index (χ0) is 8.91. The van der Waals surface area contributed by atoms with Gasteiger partial charge in [0.2, 0.25) is 0 Å². The molecule has 0 spiro atoms. The van der Waals surface area contributed by atoms with Crippen LogP contribution in [0.25, 0.3) is 0 Å². The maximum absolute atomic E-state index is 10.5. The van der Waals surface area contributed by atoms with Crippen molar-refractivity contribution in [3.8, 4) is 0 Å². The topological polar surface area (TPSA) is 61.8 Å². The van der Waals surface area contributed by atoms with Gasteiger partial charge < -0.3 is 4.74 Å². The molecule has 0 aromatic carbocycles. The predicted octanol–water partition coefficient (Wildman–Crippen LogP) is -0.0709. The van der Waals surface area contributed by atoms with Crippen molar-refractivity contribution in [3.63, 3.8) is 0 Å². The molecule has 0 aliphatic carbocycles. The van der Waals surface area contributed by atoms with Gasteiger partial charge in [-0.15, -0.1) is 0 Å². The monoisotopic (exact) mass is 184 g/mol. The Hall–Kier alpha value is -0.170. The summed E-state index contributed by atoms with van der Waals surface area (Å²) in [6.07, 6.45) is -0.264. The van der Waals surface area contributed by atoms with E-state index in [1.54, 1.807) is 6.92 Å². The van der Waals surface area contributed by atoms with Gasteiger partial charge in [-0.3, -0.25) is 4.18 Å². The lowest BCUT2D eigenvalue weighted by atomic mass is 10.4. The molecule has 11 heavy (non-hydrogen) atoms. The summed E-state index contributed by atoms with van der Waals surface area (Å²) in [6.45, 7) is 1.65. The van der Waals surface area contributed by atoms with Gasteiger partial charge in [0, 0.05) is 7.11 Å². The van der Waals surface area contributed by atoms with Gasteiger partial charge in [-0.2, -0.15) is 8.42 Å². The number of ether oxygens (including phenoxy) is 1. The standard InChI is InChI=1S/C5H12O5S/c1-5(8-2)4-10-11(6,7)9-3/h5H,4H2,1-3H3. The van der Waals surface area contributed by atoms with E-state index in [0.717, 1.165) is 7.11 Å². The van der Waals surface area contributed by atoms with Crippen molar-refractivity contribution in [1.82, 2.24) is 0 Å². The summed E-state index contributed by atoms with van der Waals surface area (Å²) >= 11 is 0. The van der Waals surface area contributed by atoms with Gasteiger partial charge in [0.1, 0.15) is 0 Å². The van der Waals surface area contributed by atoms with Gasteiger partial charge in [0.15, 0.2) is 0 Å². The van der Waals surface area contributed by atoms with Crippen molar-refractivity contribution < 1.29 is 21.5 Å². The molecule has 0 amide bonds. The van der Waals surface area contributed by atoms with Crippen LogP contribution in [0.1, 0.15) is 6.92 Å². The summed E-state index contributed by atoms with van der Waals surface area (Å²) in [6, 6.07) is 0. The Morgan fingerprint density at radius 2 is 1.91 bits per heavy atom. The first-order valence-corrected chi connectivity index (χ1v) is 4.33. The van der Waals surface area contributed by atoms with E-state index in [-0.39, 0.29) is 12.7 Å². The fourth-order valence-electron chi connectivity index (χ4n) is 0.295. The molecule has 0 aliphatic heterocycles. The van der Waals surface area contributed by atoms with Crippen LogP contribution in [0.15, 0.2) is 0 Å². The third-order valence-corrected chi connectivity index (χ3v) is 1.89. The Bertz CT molecular complexity index is 185. The van der Waals surface area contributed by atoms with Gasteiger partial charge >= 0.3 is 10.4 Å². The van der Waals surface area contributed by atoms with E-state index in [1.807, 2.05) is 0 Å². The summed E-state index contributed by atoms with van der Waals surface area (Å²) in [4.78, 5) is 0. The molecule has 5 nitrogen and oxygen atoms in total. The Kier molecular flexibility index (Phi) is 4.58. The second kappa shape index (κ2) is 4.66. The minimum atomic E-state index is -3.80. The summed E-state index contributed by atoms with van der Waals surface area (Å²) in [7, 11) is -1.30. The van der Waals surface area contributed by atoms with E-state index in [1.165, 1.54) is 7.11 Å². The highest BCUT2D eigenvalue weighted by molar-refractivity contribution is 7.81. The predicted molar refractivity (Wildman–Crippen MR) is 38.4 cm³/mol. The molecule has 6 heteroatoms. The van der Waals surface area contributed by atoms with Crippen LogP contribution in [0.4, 0.5) is 0 Å². The second-order valence-electron chi connectivity index (χ2n) is 1.91. The van der Waals surface area contributed by atoms with Crippen LogP contribution in [0.3, 0.4) is 0 Å². The smallest absolute Gasteiger partial charge is 0.379 e. The highest BCUT2D eigenvalue weighted by Gasteiger charge is 2.10. The van der Waals surface area contributed by atoms with Crippen molar-refractivity contribution in [2.75, 3.05) is 20.8 Å². The molecule has 0 heterocycles. The number of rotatable bonds is 5. The summed E-state index contributed by atoms with van der Waals surface area (Å²) in [5.74, 6) is 0. The van der Waals surface area contributed by atoms with Crippen molar-refractivity contribution in [1.29, 1.82) is 0 Å². The first-order valence-electron chi connectivity index (χ1n) is 2.99. The van der Waals surface area contributed by atoms with E-state index < -0.39 is 10.4 Å². The van der Waals surface area contributed by atoms with Crippen molar-refractivity contribution in [2.24, 2.45) is 0 Å². The van der Waals surface area contributed by atoms with E-state index in [4.69, 9.17) is 4.74 Å². The lowest BCUT2D eigenvalue weighted by Gasteiger charge is -2.08. The average molecular weight is 184 g/mol. The van der Waals surface area contributed by atoms with E-state index >= 15 is 0 Å². The Morgan fingerprint density at radius 3 is 2.27 bits per heavy atom. The summed E-state index contributed by atoms with van der Waals surface area (Å²) in [5, 5.41) is 0. The van der Waals surface area contributed by atoms with Gasteiger partial charge in [-0.05, 0) is 6.92 Å². The van der Waals surface area contributed by atoms with Crippen LogP contribution in [-0.4, -0.2) is 35.3 Å². The van der Waals surface area contributed by atoms with Crippen molar-refractivity contribution >= 4 is 10.4 Å². The molecular weight excluding hydrogens is 172 g/mol. The largest absolute Gasteiger partial charge is 0.399 e. The Labute approximate surface area is 66.6 Å². The maximum Gasteiger partial charge on any atom is 0.399 e. The van der Waals surface area contributed by atoms with E-state index in [2.05, 4.69) is 8.37 Å². The highest BCUT2D eigenvalue weighted by atomic mass is 32.3. The quantitative estimate of drug-likeness (QED) is 0.598. The van der Waals surface area contributed by atoms with E-state index in [9.17, 15) is 8.42 Å². The third-order valence-electron chi connectivity index (χ3n) is 1.05. The highest BCUT2D eigenvalue weighted by Crippen LogP contribution is 1.96. The van der Waals surface area contributed by atoms with Gasteiger partial charge in [0.05, 0.1) is 19.8 Å². The number of methoxy groups -OCH3 is 1. The molecule has 1 atom stereocenters. The molecule has 0 bridgehead atoms. The molecule has 0 saturated carbocycles. The fraction of sp³-hybridized carbons (Fsp3) is 1.00. The molecule has 0 rings (SSSR count). The normalized spacial score (nSPS) is 14.8. The van der Waals surface area contributed by atoms with Crippen LogP contribution < -0.4 is 0 Å². The molecule has 0 aliphatic rings. The molecule has 0 radical (unpaired) electrons. The first-order chi connectivity index (χ1) is 5.02. The Balaban J connectivity index is 3.71. The average Bonchev–Trinajstić information content (AvgIpc) is 2.00. The van der Waals surface area contributed by atoms with Gasteiger partial charge in [0.25, 0.3) is 0 Å². The van der Waals surface area contributed by atoms with Crippen LogP contribution in [0.2, 0.25) is 0 Å². The Morgan fingerprint density at radius 1 is 1.36 bits per heavy atom. The van der Waals surface area contributed by atoms with Crippen LogP contribution in [0, 0.1) is 0 Å². The van der Waals surface area contributed by atoms with E-state index in [0.29, 0.717) is 0 Å². The number of hydrogen-bond donors (Lipinski definition) is 0. The lowest BCUT2D eigenvalue weighted by Crippen LogP contribution is -2.18. The lowest BCUT2D eigenvalue weighted by molar-refractivity contribution is 0.0675. The first kappa shape index (κ1) is 10.8. The van der Waals surface area contributed by atoms with Gasteiger partial charge in [-0.25, -0.2) is 4.18 Å². The third kappa shape index (κ3) is 5.14. The zero-order valence-corrected chi connectivity index (χ0v) is 7.55. The minimum absolute atomic E-state index is 0.0350. The fourth-order valence-corrected chi connectivity index (χ4v) is 0.750. The summed E-state index contributed by atoms with van der Waals surface area (Å²) < 4.78 is 34.2. The molecule has 1 unspecified atom stereocenters. The van der Waals surface area contributed by atoms with Gasteiger partial charge in [-0.1, -0.05) is 0 Å². The SMILES string of the molecule is COC(C)COS(=O)(=O)OC. The van der Waals surface area contributed by atoms with Crippen molar-refractivity contribution in [3.05, 3.63) is 0 Å². The maximum atomic E-state index is 10.5. The second-order valence-corrected chi connectivity index (χ2v) is 3.29. The zero-order valence-electron chi connectivity index (χ0n) is 6.73.